The molecule has 118 valence electrons. The Morgan fingerprint density at radius 2 is 2.09 bits per heavy atom. The van der Waals surface area contributed by atoms with Crippen LogP contribution >= 0.6 is 0 Å². The summed E-state index contributed by atoms with van der Waals surface area (Å²) in [5, 5.41) is 11.8. The summed E-state index contributed by atoms with van der Waals surface area (Å²) in [4.78, 5) is 25.7. The van der Waals surface area contributed by atoms with Crippen LogP contribution in [0.25, 0.3) is 6.08 Å². The summed E-state index contributed by atoms with van der Waals surface area (Å²) >= 11 is 0. The number of hydrogen-bond donors (Lipinski definition) is 2. The Bertz CT molecular complexity index is 583. The van der Waals surface area contributed by atoms with E-state index >= 15 is 0 Å². The molecule has 0 radical (unpaired) electrons. The predicted octanol–water partition coefficient (Wildman–Crippen LogP) is 1.84. The van der Waals surface area contributed by atoms with Gasteiger partial charge >= 0.3 is 0 Å². The van der Waals surface area contributed by atoms with Gasteiger partial charge in [-0.2, -0.15) is 0 Å². The Morgan fingerprint density at radius 3 is 2.77 bits per heavy atom. The van der Waals surface area contributed by atoms with Gasteiger partial charge in [0.2, 0.25) is 11.8 Å². The van der Waals surface area contributed by atoms with Gasteiger partial charge in [0.1, 0.15) is 0 Å². The topological polar surface area (TPSA) is 69.6 Å². The fraction of sp³-hybridized carbons (Fsp3) is 0.412. The lowest BCUT2D eigenvalue weighted by molar-refractivity contribution is -0.130. The summed E-state index contributed by atoms with van der Waals surface area (Å²) in [6, 6.07) is 7.40. The number of aliphatic hydroxyl groups is 1. The first-order valence-electron chi connectivity index (χ1n) is 7.49. The molecule has 1 aliphatic heterocycles. The molecule has 1 heterocycles. The molecule has 1 aromatic rings. The summed E-state index contributed by atoms with van der Waals surface area (Å²) in [6.45, 7) is 3.39. The number of nitrogens with zero attached hydrogens (tertiary/aromatic N) is 1. The van der Waals surface area contributed by atoms with Crippen LogP contribution < -0.4 is 5.32 Å². The number of hydrogen-bond acceptors (Lipinski definition) is 3. The van der Waals surface area contributed by atoms with Crippen LogP contribution in [0.15, 0.2) is 30.5 Å². The molecule has 2 N–H and O–H groups in total. The molecule has 1 aliphatic rings. The highest BCUT2D eigenvalue weighted by Crippen LogP contribution is 2.32. The van der Waals surface area contributed by atoms with Gasteiger partial charge in [0.05, 0.1) is 12.5 Å². The minimum absolute atomic E-state index is 0.0377. The van der Waals surface area contributed by atoms with E-state index in [0.29, 0.717) is 6.42 Å². The van der Waals surface area contributed by atoms with Crippen molar-refractivity contribution in [2.24, 2.45) is 0 Å². The first kappa shape index (κ1) is 16.2. The lowest BCUT2D eigenvalue weighted by atomic mass is 9.93. The molecule has 0 aliphatic carbocycles. The van der Waals surface area contributed by atoms with E-state index in [9.17, 15) is 9.59 Å². The van der Waals surface area contributed by atoms with Gasteiger partial charge in [0, 0.05) is 25.8 Å². The third-order valence-corrected chi connectivity index (χ3v) is 3.82. The quantitative estimate of drug-likeness (QED) is 0.872. The number of fused-ring (bicyclic) bond motifs is 1. The fourth-order valence-electron chi connectivity index (χ4n) is 2.69. The highest BCUT2D eigenvalue weighted by atomic mass is 16.3. The first-order chi connectivity index (χ1) is 10.5. The van der Waals surface area contributed by atoms with Crippen LogP contribution in [-0.2, 0) is 9.59 Å². The number of amides is 2. The van der Waals surface area contributed by atoms with E-state index in [-0.39, 0.29) is 36.9 Å². The minimum Gasteiger partial charge on any atom is -0.396 e. The minimum atomic E-state index is -0.292. The predicted molar refractivity (Wildman–Crippen MR) is 84.7 cm³/mol. The van der Waals surface area contributed by atoms with Gasteiger partial charge < -0.3 is 15.3 Å². The molecule has 1 aromatic carbocycles. The second-order valence-corrected chi connectivity index (χ2v) is 5.57. The zero-order chi connectivity index (χ0) is 16.1. The smallest absolute Gasteiger partial charge is 0.223 e. The summed E-state index contributed by atoms with van der Waals surface area (Å²) in [5.41, 5.74) is 2.01. The largest absolute Gasteiger partial charge is 0.396 e. The molecular formula is C17H22N2O3. The molecule has 5 nitrogen and oxygen atoms in total. The number of carbonyl (C=O) groups excluding carboxylic acids is 2. The van der Waals surface area contributed by atoms with Gasteiger partial charge in [-0.1, -0.05) is 24.3 Å². The second-order valence-electron chi connectivity index (χ2n) is 5.57. The second kappa shape index (κ2) is 7.22. The van der Waals surface area contributed by atoms with Crippen molar-refractivity contribution in [2.45, 2.75) is 38.8 Å². The SMILES string of the molecule is CC(=O)N1C=Cc2ccccc2C1CC(=O)NC(C)CCO. The van der Waals surface area contributed by atoms with Crippen molar-refractivity contribution in [3.63, 3.8) is 0 Å². The number of rotatable bonds is 5. The Kier molecular flexibility index (Phi) is 5.33. The molecule has 0 fully saturated rings. The maximum atomic E-state index is 12.2. The van der Waals surface area contributed by atoms with Crippen LogP contribution in [0.5, 0.6) is 0 Å². The van der Waals surface area contributed by atoms with Crippen LogP contribution in [0.4, 0.5) is 0 Å². The van der Waals surface area contributed by atoms with Crippen molar-refractivity contribution >= 4 is 17.9 Å². The van der Waals surface area contributed by atoms with Crippen LogP contribution in [0.1, 0.15) is 43.9 Å². The normalized spacial score (nSPS) is 17.8. The zero-order valence-electron chi connectivity index (χ0n) is 13.0. The maximum absolute atomic E-state index is 12.2. The third kappa shape index (κ3) is 3.74. The van der Waals surface area contributed by atoms with Crippen LogP contribution in [-0.4, -0.2) is 34.5 Å². The molecule has 0 bridgehead atoms. The molecule has 22 heavy (non-hydrogen) atoms. The Labute approximate surface area is 130 Å². The van der Waals surface area contributed by atoms with Gasteiger partial charge in [0.15, 0.2) is 0 Å². The number of benzene rings is 1. The standard InChI is InChI=1S/C17H22N2O3/c1-12(8-10-20)18-17(22)11-16-15-6-4-3-5-14(15)7-9-19(16)13(2)21/h3-7,9,12,16,20H,8,10-11H2,1-2H3,(H,18,22). The van der Waals surface area contributed by atoms with Crippen molar-refractivity contribution in [3.8, 4) is 0 Å². The van der Waals surface area contributed by atoms with Crippen LogP contribution in [0.3, 0.4) is 0 Å². The molecule has 0 aromatic heterocycles. The van der Waals surface area contributed by atoms with Crippen molar-refractivity contribution in [1.82, 2.24) is 10.2 Å². The monoisotopic (exact) mass is 302 g/mol. The van der Waals surface area contributed by atoms with E-state index in [1.54, 1.807) is 11.1 Å². The van der Waals surface area contributed by atoms with E-state index < -0.39 is 0 Å². The molecule has 2 amide bonds. The summed E-state index contributed by atoms with van der Waals surface area (Å²) in [6.07, 6.45) is 4.35. The van der Waals surface area contributed by atoms with E-state index in [1.807, 2.05) is 37.3 Å². The van der Waals surface area contributed by atoms with Gasteiger partial charge in [-0.3, -0.25) is 9.59 Å². The molecule has 2 unspecified atom stereocenters. The zero-order valence-corrected chi connectivity index (χ0v) is 13.0. The van der Waals surface area contributed by atoms with Gasteiger partial charge in [-0.15, -0.1) is 0 Å². The molecule has 2 atom stereocenters. The Hall–Kier alpha value is -2.14. The van der Waals surface area contributed by atoms with E-state index in [4.69, 9.17) is 5.11 Å². The van der Waals surface area contributed by atoms with E-state index in [0.717, 1.165) is 11.1 Å². The Balaban J connectivity index is 2.16. The fourth-order valence-corrected chi connectivity index (χ4v) is 2.69. The van der Waals surface area contributed by atoms with Crippen LogP contribution in [0, 0.1) is 0 Å². The lowest BCUT2D eigenvalue weighted by Gasteiger charge is -2.32. The Morgan fingerprint density at radius 1 is 1.36 bits per heavy atom. The van der Waals surface area contributed by atoms with Gasteiger partial charge in [-0.05, 0) is 30.5 Å². The van der Waals surface area contributed by atoms with Crippen molar-refractivity contribution in [3.05, 3.63) is 41.6 Å². The summed E-state index contributed by atoms with van der Waals surface area (Å²) in [5.74, 6) is -0.214. The molecule has 2 rings (SSSR count). The van der Waals surface area contributed by atoms with Crippen molar-refractivity contribution in [2.75, 3.05) is 6.61 Å². The molecular weight excluding hydrogens is 280 g/mol. The highest BCUT2D eigenvalue weighted by molar-refractivity contribution is 5.81. The summed E-state index contributed by atoms with van der Waals surface area (Å²) < 4.78 is 0. The van der Waals surface area contributed by atoms with Crippen molar-refractivity contribution < 1.29 is 14.7 Å². The average Bonchev–Trinajstić information content (AvgIpc) is 2.47. The van der Waals surface area contributed by atoms with E-state index in [2.05, 4.69) is 5.32 Å². The van der Waals surface area contributed by atoms with E-state index in [1.165, 1.54) is 6.92 Å². The lowest BCUT2D eigenvalue weighted by Crippen LogP contribution is -2.38. The average molecular weight is 302 g/mol. The first-order valence-corrected chi connectivity index (χ1v) is 7.49. The third-order valence-electron chi connectivity index (χ3n) is 3.82. The van der Waals surface area contributed by atoms with Gasteiger partial charge in [-0.25, -0.2) is 0 Å². The number of aliphatic hydroxyl groups excluding tert-OH is 1. The maximum Gasteiger partial charge on any atom is 0.223 e. The number of carbonyl (C=O) groups is 2. The molecule has 0 spiro atoms. The van der Waals surface area contributed by atoms with Crippen LogP contribution in [0.2, 0.25) is 0 Å². The molecule has 0 saturated carbocycles. The highest BCUT2D eigenvalue weighted by Gasteiger charge is 2.28. The van der Waals surface area contributed by atoms with Gasteiger partial charge in [0.25, 0.3) is 0 Å². The molecule has 5 heteroatoms. The van der Waals surface area contributed by atoms with Crippen molar-refractivity contribution in [1.29, 1.82) is 0 Å². The number of nitrogens with one attached hydrogen (secondary N) is 1. The summed E-state index contributed by atoms with van der Waals surface area (Å²) in [7, 11) is 0. The molecule has 0 saturated heterocycles.